The van der Waals surface area contributed by atoms with Crippen molar-refractivity contribution in [3.8, 4) is 0 Å². The lowest BCUT2D eigenvalue weighted by Gasteiger charge is -2.16. The van der Waals surface area contributed by atoms with Gasteiger partial charge in [-0.2, -0.15) is 0 Å². The molecule has 0 aliphatic heterocycles. The Morgan fingerprint density at radius 1 is 1.32 bits per heavy atom. The number of rotatable bonds is 3. The number of hydrogen-bond donors (Lipinski definition) is 3. The highest BCUT2D eigenvalue weighted by Gasteiger charge is 2.20. The average Bonchev–Trinajstić information content (AvgIpc) is 3.02. The summed E-state index contributed by atoms with van der Waals surface area (Å²) >= 11 is 12.6. The summed E-state index contributed by atoms with van der Waals surface area (Å²) in [6.45, 7) is 2.82. The summed E-state index contributed by atoms with van der Waals surface area (Å²) in [6.07, 6.45) is 3.33. The van der Waals surface area contributed by atoms with E-state index in [1.165, 1.54) is 16.9 Å². The molecule has 1 aliphatic rings. The van der Waals surface area contributed by atoms with Gasteiger partial charge >= 0.3 is 0 Å². The molecule has 4 nitrogen and oxygen atoms in total. The summed E-state index contributed by atoms with van der Waals surface area (Å²) in [6, 6.07) is 9.51. The topological polar surface area (TPSA) is 53.2 Å². The number of thiocarbonyl (C=S) groups is 1. The van der Waals surface area contributed by atoms with Gasteiger partial charge in [-0.1, -0.05) is 30.7 Å². The maximum absolute atomic E-state index is 12.3. The van der Waals surface area contributed by atoms with Gasteiger partial charge in [0.15, 0.2) is 5.11 Å². The molecule has 2 aromatic rings. The molecule has 1 amide bonds. The summed E-state index contributed by atoms with van der Waals surface area (Å²) < 4.78 is 0. The van der Waals surface area contributed by atoms with Gasteiger partial charge in [0, 0.05) is 16.4 Å². The molecular formula is C18H20ClN3OS2. The van der Waals surface area contributed by atoms with Gasteiger partial charge in [0.1, 0.15) is 0 Å². The van der Waals surface area contributed by atoms with Gasteiger partial charge in [-0.3, -0.25) is 15.6 Å². The molecule has 25 heavy (non-hydrogen) atoms. The maximum Gasteiger partial charge on any atom is 0.279 e. The molecule has 3 N–H and O–H groups in total. The van der Waals surface area contributed by atoms with Crippen molar-refractivity contribution >= 4 is 46.2 Å². The van der Waals surface area contributed by atoms with Gasteiger partial charge in [0.2, 0.25) is 0 Å². The molecular weight excluding hydrogens is 374 g/mol. The first kappa shape index (κ1) is 18.2. The van der Waals surface area contributed by atoms with E-state index < -0.39 is 0 Å². The van der Waals surface area contributed by atoms with E-state index in [9.17, 15) is 4.79 Å². The third-order valence-corrected chi connectivity index (χ3v) is 5.91. The van der Waals surface area contributed by atoms with Gasteiger partial charge in [-0.25, -0.2) is 0 Å². The van der Waals surface area contributed by atoms with E-state index in [0.29, 0.717) is 22.6 Å². The van der Waals surface area contributed by atoms with Gasteiger partial charge in [0.05, 0.1) is 4.88 Å². The lowest BCUT2D eigenvalue weighted by molar-refractivity contribution is 0.0947. The Morgan fingerprint density at radius 2 is 2.08 bits per heavy atom. The van der Waals surface area contributed by atoms with Crippen LogP contribution in [-0.4, -0.2) is 11.0 Å². The molecule has 0 saturated heterocycles. The van der Waals surface area contributed by atoms with Gasteiger partial charge in [0.25, 0.3) is 5.91 Å². The second-order valence-corrected chi connectivity index (χ2v) is 8.28. The van der Waals surface area contributed by atoms with E-state index in [-0.39, 0.29) is 5.91 Å². The third-order valence-electron chi connectivity index (χ3n) is 4.22. The molecule has 1 aromatic heterocycles. The Bertz CT molecular complexity index is 773. The highest BCUT2D eigenvalue weighted by atomic mass is 35.5. The molecule has 1 atom stereocenters. The largest absolute Gasteiger partial charge is 0.357 e. The van der Waals surface area contributed by atoms with E-state index >= 15 is 0 Å². The molecule has 0 spiro atoms. The summed E-state index contributed by atoms with van der Waals surface area (Å²) in [5.74, 6) is 0.549. The summed E-state index contributed by atoms with van der Waals surface area (Å²) in [5.41, 5.74) is 7.79. The number of carbonyl (C=O) groups is 1. The molecule has 1 heterocycles. The summed E-state index contributed by atoms with van der Waals surface area (Å²) in [7, 11) is 0. The Kier molecular flexibility index (Phi) is 5.93. The van der Waals surface area contributed by atoms with Crippen LogP contribution in [0, 0.1) is 5.92 Å². The number of benzene rings is 1. The first-order chi connectivity index (χ1) is 12.0. The van der Waals surface area contributed by atoms with Crippen LogP contribution in [0.25, 0.3) is 0 Å². The zero-order chi connectivity index (χ0) is 17.8. The second-order valence-electron chi connectivity index (χ2n) is 6.30. The fraction of sp³-hybridized carbons (Fsp3) is 0.333. The highest BCUT2D eigenvalue weighted by Crippen LogP contribution is 2.32. The molecule has 0 fully saturated rings. The number of hydrogen-bond acceptors (Lipinski definition) is 3. The number of nitrogens with one attached hydrogen (secondary N) is 3. The van der Waals surface area contributed by atoms with Gasteiger partial charge < -0.3 is 5.32 Å². The van der Waals surface area contributed by atoms with Crippen LogP contribution in [-0.2, 0) is 19.4 Å². The monoisotopic (exact) mass is 393 g/mol. The Morgan fingerprint density at radius 3 is 2.84 bits per heavy atom. The van der Waals surface area contributed by atoms with Crippen molar-refractivity contribution in [2.45, 2.75) is 32.7 Å². The fourth-order valence-corrected chi connectivity index (χ4v) is 4.31. The van der Waals surface area contributed by atoms with E-state index in [0.717, 1.165) is 23.3 Å². The van der Waals surface area contributed by atoms with E-state index in [1.54, 1.807) is 11.3 Å². The Hall–Kier alpha value is -1.63. The lowest BCUT2D eigenvalue weighted by Crippen LogP contribution is -2.46. The van der Waals surface area contributed by atoms with Crippen molar-refractivity contribution in [3.05, 3.63) is 56.2 Å². The smallest absolute Gasteiger partial charge is 0.279 e. The number of fused-ring (bicyclic) bond motifs is 1. The standard InChI is InChI=1S/C18H20ClN3OS2/c1-11-2-5-13-9-16(25-15(13)8-11)17(23)21-22-18(24)20-10-12-3-6-14(19)7-4-12/h3-4,6-7,9,11H,2,5,8,10H2,1H3,(H,21,23)(H2,20,22,24)/t11-/m0/s1. The molecule has 3 rings (SSSR count). The molecule has 1 aromatic carbocycles. The molecule has 1 aliphatic carbocycles. The summed E-state index contributed by atoms with van der Waals surface area (Å²) in [4.78, 5) is 14.4. The zero-order valence-electron chi connectivity index (χ0n) is 13.9. The second kappa shape index (κ2) is 8.17. The summed E-state index contributed by atoms with van der Waals surface area (Å²) in [5, 5.41) is 4.12. The SMILES string of the molecule is C[C@H]1CCc2cc(C(=O)NNC(=S)NCc3ccc(Cl)cc3)sc2C1. The van der Waals surface area contributed by atoms with Gasteiger partial charge in [-0.15, -0.1) is 11.3 Å². The number of aryl methyl sites for hydroxylation is 1. The van der Waals surface area contributed by atoms with E-state index in [2.05, 4.69) is 23.1 Å². The number of halogens is 1. The van der Waals surface area contributed by atoms with Crippen LogP contribution in [0.4, 0.5) is 0 Å². The molecule has 132 valence electrons. The predicted molar refractivity (Wildman–Crippen MR) is 107 cm³/mol. The molecule has 7 heteroatoms. The van der Waals surface area contributed by atoms with Crippen molar-refractivity contribution < 1.29 is 4.79 Å². The highest BCUT2D eigenvalue weighted by molar-refractivity contribution is 7.80. The fourth-order valence-electron chi connectivity index (χ4n) is 2.79. The van der Waals surface area contributed by atoms with Gasteiger partial charge in [-0.05, 0) is 66.7 Å². The Balaban J connectivity index is 1.47. The molecule has 0 bridgehead atoms. The first-order valence-corrected chi connectivity index (χ1v) is 9.81. The number of thiophene rings is 1. The predicted octanol–water partition coefficient (Wildman–Crippen LogP) is 3.84. The average molecular weight is 394 g/mol. The van der Waals surface area contributed by atoms with Crippen LogP contribution in [0.5, 0.6) is 0 Å². The van der Waals surface area contributed by atoms with Crippen LogP contribution >= 0.6 is 35.2 Å². The van der Waals surface area contributed by atoms with Crippen molar-refractivity contribution in [1.82, 2.24) is 16.2 Å². The quantitative estimate of drug-likeness (QED) is 0.548. The molecule has 0 radical (unpaired) electrons. The minimum absolute atomic E-state index is 0.150. The van der Waals surface area contributed by atoms with Crippen LogP contribution in [0.15, 0.2) is 30.3 Å². The molecule has 0 saturated carbocycles. The van der Waals surface area contributed by atoms with E-state index in [1.807, 2.05) is 30.3 Å². The zero-order valence-corrected chi connectivity index (χ0v) is 16.3. The minimum Gasteiger partial charge on any atom is -0.357 e. The van der Waals surface area contributed by atoms with Crippen molar-refractivity contribution in [2.24, 2.45) is 5.92 Å². The number of amides is 1. The van der Waals surface area contributed by atoms with Crippen LogP contribution in [0.1, 0.15) is 39.0 Å². The maximum atomic E-state index is 12.3. The molecule has 0 unspecified atom stereocenters. The van der Waals surface area contributed by atoms with E-state index in [4.69, 9.17) is 23.8 Å². The van der Waals surface area contributed by atoms with Crippen LogP contribution < -0.4 is 16.2 Å². The van der Waals surface area contributed by atoms with Crippen molar-refractivity contribution in [2.75, 3.05) is 0 Å². The lowest BCUT2D eigenvalue weighted by atomic mass is 9.90. The number of hydrazine groups is 1. The third kappa shape index (κ3) is 4.93. The Labute approximate surface area is 161 Å². The minimum atomic E-state index is -0.150. The normalized spacial score (nSPS) is 16.0. The van der Waals surface area contributed by atoms with Crippen molar-refractivity contribution in [3.63, 3.8) is 0 Å². The number of carbonyl (C=O) groups excluding carboxylic acids is 1. The first-order valence-electron chi connectivity index (χ1n) is 8.21. The van der Waals surface area contributed by atoms with Crippen LogP contribution in [0.2, 0.25) is 5.02 Å². The van der Waals surface area contributed by atoms with Crippen LogP contribution in [0.3, 0.4) is 0 Å². The van der Waals surface area contributed by atoms with Crippen molar-refractivity contribution in [1.29, 1.82) is 0 Å².